The Morgan fingerprint density at radius 2 is 2.12 bits per heavy atom. The number of nitrogen functional groups attached to an aromatic ring is 1. The van der Waals surface area contributed by atoms with Gasteiger partial charge >= 0.3 is 0 Å². The molecule has 0 unspecified atom stereocenters. The zero-order chi connectivity index (χ0) is 12.1. The van der Waals surface area contributed by atoms with Crippen molar-refractivity contribution in [3.63, 3.8) is 0 Å². The van der Waals surface area contributed by atoms with Crippen LogP contribution in [0.2, 0.25) is 0 Å². The summed E-state index contributed by atoms with van der Waals surface area (Å²) in [5.74, 6) is 0.397. The van der Waals surface area contributed by atoms with Gasteiger partial charge in [0, 0.05) is 13.7 Å². The third-order valence-electron chi connectivity index (χ3n) is 2.34. The first-order valence-corrected chi connectivity index (χ1v) is 5.31. The largest absolute Gasteiger partial charge is 0.382 e. The first-order chi connectivity index (χ1) is 8.33. The SMILES string of the molecule is COCCOCCn1cnc2c(N)ncnc21. The van der Waals surface area contributed by atoms with E-state index in [0.29, 0.717) is 37.7 Å². The molecular formula is C10H15N5O2. The van der Waals surface area contributed by atoms with Gasteiger partial charge in [-0.25, -0.2) is 15.0 Å². The smallest absolute Gasteiger partial charge is 0.165 e. The number of rotatable bonds is 6. The standard InChI is InChI=1S/C10H15N5O2/c1-16-4-5-17-3-2-15-7-14-8-9(11)12-6-13-10(8)15/h6-7H,2-5H2,1H3,(H2,11,12,13). The number of fused-ring (bicyclic) bond motifs is 1. The predicted octanol–water partition coefficient (Wildman–Crippen LogP) is 0.0715. The Hall–Kier alpha value is -1.73. The van der Waals surface area contributed by atoms with E-state index in [-0.39, 0.29) is 0 Å². The molecule has 92 valence electrons. The molecule has 2 aromatic rings. The van der Waals surface area contributed by atoms with Crippen molar-refractivity contribution in [1.29, 1.82) is 0 Å². The van der Waals surface area contributed by atoms with Gasteiger partial charge in [-0.1, -0.05) is 0 Å². The Kier molecular flexibility index (Phi) is 3.84. The second-order valence-electron chi connectivity index (χ2n) is 3.47. The molecule has 2 N–H and O–H groups in total. The number of ether oxygens (including phenoxy) is 2. The number of methoxy groups -OCH3 is 1. The molecule has 0 radical (unpaired) electrons. The molecule has 0 aromatic carbocycles. The highest BCUT2D eigenvalue weighted by atomic mass is 16.5. The van der Waals surface area contributed by atoms with Gasteiger partial charge in [-0.2, -0.15) is 0 Å². The van der Waals surface area contributed by atoms with Crippen molar-refractivity contribution in [3.05, 3.63) is 12.7 Å². The second-order valence-corrected chi connectivity index (χ2v) is 3.47. The van der Waals surface area contributed by atoms with Gasteiger partial charge in [-0.15, -0.1) is 0 Å². The third-order valence-corrected chi connectivity index (χ3v) is 2.34. The minimum absolute atomic E-state index is 0.397. The molecular weight excluding hydrogens is 222 g/mol. The Morgan fingerprint density at radius 1 is 1.24 bits per heavy atom. The van der Waals surface area contributed by atoms with E-state index in [0.717, 1.165) is 5.65 Å². The Balaban J connectivity index is 1.97. The summed E-state index contributed by atoms with van der Waals surface area (Å²) in [5, 5.41) is 0. The van der Waals surface area contributed by atoms with E-state index in [2.05, 4.69) is 15.0 Å². The molecule has 0 aliphatic rings. The minimum Gasteiger partial charge on any atom is -0.382 e. The average Bonchev–Trinajstić information content (AvgIpc) is 2.74. The molecule has 0 saturated carbocycles. The van der Waals surface area contributed by atoms with Crippen LogP contribution in [0.15, 0.2) is 12.7 Å². The molecule has 0 amide bonds. The van der Waals surface area contributed by atoms with Gasteiger partial charge in [-0.05, 0) is 0 Å². The van der Waals surface area contributed by atoms with Crippen molar-refractivity contribution in [3.8, 4) is 0 Å². The number of hydrogen-bond donors (Lipinski definition) is 1. The minimum atomic E-state index is 0.397. The molecule has 0 spiro atoms. The second kappa shape index (κ2) is 5.55. The van der Waals surface area contributed by atoms with E-state index in [1.54, 1.807) is 13.4 Å². The van der Waals surface area contributed by atoms with Gasteiger partial charge < -0.3 is 19.8 Å². The maximum Gasteiger partial charge on any atom is 0.165 e. The summed E-state index contributed by atoms with van der Waals surface area (Å²) in [6, 6.07) is 0. The van der Waals surface area contributed by atoms with Gasteiger partial charge in [-0.3, -0.25) is 0 Å². The van der Waals surface area contributed by atoms with Crippen molar-refractivity contribution in [1.82, 2.24) is 19.5 Å². The fourth-order valence-electron chi connectivity index (χ4n) is 1.47. The molecule has 2 rings (SSSR count). The van der Waals surface area contributed by atoms with Crippen LogP contribution in [0.5, 0.6) is 0 Å². The van der Waals surface area contributed by atoms with Crippen LogP contribution in [0.25, 0.3) is 11.2 Å². The average molecular weight is 237 g/mol. The number of nitrogens with two attached hydrogens (primary N) is 1. The normalized spacial score (nSPS) is 11.1. The first-order valence-electron chi connectivity index (χ1n) is 5.31. The fraction of sp³-hybridized carbons (Fsp3) is 0.500. The third kappa shape index (κ3) is 2.69. The Morgan fingerprint density at radius 3 is 2.94 bits per heavy atom. The van der Waals surface area contributed by atoms with Crippen LogP contribution in [0.3, 0.4) is 0 Å². The lowest BCUT2D eigenvalue weighted by molar-refractivity contribution is 0.0669. The lowest BCUT2D eigenvalue weighted by Gasteiger charge is -2.05. The van der Waals surface area contributed by atoms with Crippen LogP contribution in [-0.4, -0.2) is 46.4 Å². The molecule has 0 bridgehead atoms. The lowest BCUT2D eigenvalue weighted by Crippen LogP contribution is -2.09. The van der Waals surface area contributed by atoms with Crippen LogP contribution in [0.4, 0.5) is 5.82 Å². The molecule has 0 fully saturated rings. The monoisotopic (exact) mass is 237 g/mol. The van der Waals surface area contributed by atoms with Gasteiger partial charge in [0.2, 0.25) is 0 Å². The molecule has 17 heavy (non-hydrogen) atoms. The van der Waals surface area contributed by atoms with Crippen LogP contribution in [0, 0.1) is 0 Å². The maximum absolute atomic E-state index is 5.69. The van der Waals surface area contributed by atoms with Gasteiger partial charge in [0.05, 0.1) is 26.1 Å². The zero-order valence-electron chi connectivity index (χ0n) is 9.67. The zero-order valence-corrected chi connectivity index (χ0v) is 9.67. The molecule has 0 aliphatic carbocycles. The molecule has 2 heterocycles. The predicted molar refractivity (Wildman–Crippen MR) is 62.4 cm³/mol. The van der Waals surface area contributed by atoms with Gasteiger partial charge in [0.1, 0.15) is 11.8 Å². The van der Waals surface area contributed by atoms with Crippen molar-refractivity contribution >= 4 is 17.0 Å². The topological polar surface area (TPSA) is 88.1 Å². The van der Waals surface area contributed by atoms with E-state index < -0.39 is 0 Å². The Labute approximate surface area is 98.6 Å². The van der Waals surface area contributed by atoms with Crippen LogP contribution < -0.4 is 5.73 Å². The number of imidazole rings is 1. The summed E-state index contributed by atoms with van der Waals surface area (Å²) in [7, 11) is 1.65. The van der Waals surface area contributed by atoms with Crippen LogP contribution >= 0.6 is 0 Å². The summed E-state index contributed by atoms with van der Waals surface area (Å²) in [6.07, 6.45) is 3.12. The van der Waals surface area contributed by atoms with Crippen molar-refractivity contribution in [2.45, 2.75) is 6.54 Å². The van der Waals surface area contributed by atoms with E-state index in [4.69, 9.17) is 15.2 Å². The highest BCUT2D eigenvalue weighted by molar-refractivity contribution is 5.80. The van der Waals surface area contributed by atoms with E-state index >= 15 is 0 Å². The molecule has 7 heteroatoms. The Bertz CT molecular complexity index is 485. The summed E-state index contributed by atoms with van der Waals surface area (Å²) >= 11 is 0. The molecule has 0 atom stereocenters. The summed E-state index contributed by atoms with van der Waals surface area (Å²) in [5.41, 5.74) is 7.05. The van der Waals surface area contributed by atoms with Gasteiger partial charge in [0.15, 0.2) is 11.5 Å². The van der Waals surface area contributed by atoms with Gasteiger partial charge in [0.25, 0.3) is 0 Å². The maximum atomic E-state index is 5.69. The molecule has 7 nitrogen and oxygen atoms in total. The number of nitrogens with zero attached hydrogens (tertiary/aromatic N) is 4. The number of anilines is 1. The molecule has 2 aromatic heterocycles. The number of aromatic nitrogens is 4. The fourth-order valence-corrected chi connectivity index (χ4v) is 1.47. The quantitative estimate of drug-likeness (QED) is 0.715. The van der Waals surface area contributed by atoms with Crippen LogP contribution in [-0.2, 0) is 16.0 Å². The highest BCUT2D eigenvalue weighted by Crippen LogP contribution is 2.13. The van der Waals surface area contributed by atoms with E-state index in [9.17, 15) is 0 Å². The van der Waals surface area contributed by atoms with Crippen LogP contribution in [0.1, 0.15) is 0 Å². The molecule has 0 aliphatic heterocycles. The summed E-state index contributed by atoms with van der Waals surface area (Å²) < 4.78 is 12.2. The summed E-state index contributed by atoms with van der Waals surface area (Å²) in [4.78, 5) is 12.2. The molecule has 0 saturated heterocycles. The first kappa shape index (κ1) is 11.7. The summed E-state index contributed by atoms with van der Waals surface area (Å²) in [6.45, 7) is 2.44. The van der Waals surface area contributed by atoms with E-state index in [1.807, 2.05) is 4.57 Å². The van der Waals surface area contributed by atoms with Crippen molar-refractivity contribution in [2.75, 3.05) is 32.7 Å². The van der Waals surface area contributed by atoms with Crippen molar-refractivity contribution in [2.24, 2.45) is 0 Å². The lowest BCUT2D eigenvalue weighted by atomic mass is 10.5. The van der Waals surface area contributed by atoms with E-state index in [1.165, 1.54) is 6.33 Å². The highest BCUT2D eigenvalue weighted by Gasteiger charge is 2.06. The van der Waals surface area contributed by atoms with Crippen molar-refractivity contribution < 1.29 is 9.47 Å². The number of hydrogen-bond acceptors (Lipinski definition) is 6.